The molecule has 1 aromatic rings. The van der Waals surface area contributed by atoms with E-state index in [1.54, 1.807) is 13.2 Å². The molecule has 18 heavy (non-hydrogen) atoms. The molecule has 1 rings (SSSR count). The van der Waals surface area contributed by atoms with Crippen LogP contribution in [-0.4, -0.2) is 18.2 Å². The van der Waals surface area contributed by atoms with E-state index in [1.807, 2.05) is 12.1 Å². The first-order valence-corrected chi connectivity index (χ1v) is 5.91. The van der Waals surface area contributed by atoms with E-state index in [0.29, 0.717) is 6.42 Å². The highest BCUT2D eigenvalue weighted by Crippen LogP contribution is 2.32. The Labute approximate surface area is 108 Å². The van der Waals surface area contributed by atoms with Crippen molar-refractivity contribution in [3.63, 3.8) is 0 Å². The number of rotatable bonds is 4. The summed E-state index contributed by atoms with van der Waals surface area (Å²) in [4.78, 5) is 10.4. The monoisotopic (exact) mass is 248 g/mol. The number of carboxylic acids is 1. The van der Waals surface area contributed by atoms with Gasteiger partial charge < -0.3 is 9.84 Å². The topological polar surface area (TPSA) is 46.5 Å². The second kappa shape index (κ2) is 5.71. The van der Waals surface area contributed by atoms with Gasteiger partial charge in [0, 0.05) is 6.08 Å². The van der Waals surface area contributed by atoms with Gasteiger partial charge in [-0.05, 0) is 29.0 Å². The number of benzene rings is 1. The molecule has 0 heterocycles. The maximum Gasteiger partial charge on any atom is 0.327 e. The van der Waals surface area contributed by atoms with E-state index in [1.165, 1.54) is 6.08 Å². The third kappa shape index (κ3) is 3.91. The van der Waals surface area contributed by atoms with Crippen LogP contribution in [0.25, 0.3) is 0 Å². The quantitative estimate of drug-likeness (QED) is 0.832. The highest BCUT2D eigenvalue weighted by molar-refractivity contribution is 5.79. The molecule has 0 aliphatic heterocycles. The van der Waals surface area contributed by atoms with Crippen LogP contribution in [0.5, 0.6) is 5.75 Å². The van der Waals surface area contributed by atoms with Gasteiger partial charge in [-0.1, -0.05) is 39.0 Å². The molecule has 1 N–H and O–H groups in total. The molecular formula is C15H20O3. The molecule has 0 amide bonds. The van der Waals surface area contributed by atoms with Crippen LogP contribution < -0.4 is 4.74 Å². The van der Waals surface area contributed by atoms with Gasteiger partial charge in [-0.15, -0.1) is 0 Å². The molecule has 3 heteroatoms. The van der Waals surface area contributed by atoms with Gasteiger partial charge in [-0.2, -0.15) is 0 Å². The Morgan fingerprint density at radius 2 is 2.06 bits per heavy atom. The van der Waals surface area contributed by atoms with E-state index in [2.05, 4.69) is 26.8 Å². The van der Waals surface area contributed by atoms with Gasteiger partial charge in [-0.25, -0.2) is 4.79 Å². The Morgan fingerprint density at radius 1 is 1.39 bits per heavy atom. The van der Waals surface area contributed by atoms with Crippen molar-refractivity contribution in [3.8, 4) is 5.75 Å². The van der Waals surface area contributed by atoms with Crippen molar-refractivity contribution in [3.05, 3.63) is 41.5 Å². The molecular weight excluding hydrogens is 228 g/mol. The number of ether oxygens (including phenoxy) is 1. The molecule has 0 atom stereocenters. The van der Waals surface area contributed by atoms with E-state index in [0.717, 1.165) is 16.9 Å². The minimum Gasteiger partial charge on any atom is -0.496 e. The molecule has 0 saturated carbocycles. The lowest BCUT2D eigenvalue weighted by Gasteiger charge is -2.22. The number of carboxylic acid groups (broad SMARTS) is 1. The molecule has 0 aliphatic carbocycles. The predicted octanol–water partition coefficient (Wildman–Crippen LogP) is 3.18. The zero-order valence-corrected chi connectivity index (χ0v) is 11.4. The van der Waals surface area contributed by atoms with Crippen LogP contribution in [0.2, 0.25) is 0 Å². The number of aliphatic carboxylic acids is 1. The van der Waals surface area contributed by atoms with Crippen LogP contribution in [0, 0.1) is 0 Å². The second-order valence-electron chi connectivity index (χ2n) is 5.23. The average Bonchev–Trinajstić information content (AvgIpc) is 2.27. The molecule has 0 fully saturated rings. The molecule has 3 nitrogen and oxygen atoms in total. The first kappa shape index (κ1) is 14.3. The van der Waals surface area contributed by atoms with Crippen LogP contribution >= 0.6 is 0 Å². The third-order valence-electron chi connectivity index (χ3n) is 2.69. The van der Waals surface area contributed by atoms with Crippen molar-refractivity contribution < 1.29 is 14.6 Å². The van der Waals surface area contributed by atoms with E-state index in [4.69, 9.17) is 9.84 Å². The zero-order valence-electron chi connectivity index (χ0n) is 11.4. The summed E-state index contributed by atoms with van der Waals surface area (Å²) in [6.45, 7) is 6.38. The Balaban J connectivity index is 3.00. The third-order valence-corrected chi connectivity index (χ3v) is 2.69. The molecule has 0 radical (unpaired) electrons. The minimum atomic E-state index is -0.917. The van der Waals surface area contributed by atoms with Crippen molar-refractivity contribution in [1.29, 1.82) is 0 Å². The normalized spacial score (nSPS) is 11.8. The largest absolute Gasteiger partial charge is 0.496 e. The highest BCUT2D eigenvalue weighted by atomic mass is 16.5. The van der Waals surface area contributed by atoms with Gasteiger partial charge >= 0.3 is 5.97 Å². The Bertz CT molecular complexity index is 453. The van der Waals surface area contributed by atoms with Crippen molar-refractivity contribution >= 4 is 5.97 Å². The lowest BCUT2D eigenvalue weighted by molar-refractivity contribution is -0.131. The first-order chi connectivity index (χ1) is 8.34. The molecule has 0 spiro atoms. The average molecular weight is 248 g/mol. The fourth-order valence-electron chi connectivity index (χ4n) is 1.76. The predicted molar refractivity (Wildman–Crippen MR) is 72.2 cm³/mol. The smallest absolute Gasteiger partial charge is 0.327 e. The number of allylic oxidation sites excluding steroid dienone is 1. The number of hydrogen-bond donors (Lipinski definition) is 1. The van der Waals surface area contributed by atoms with Crippen LogP contribution in [0.3, 0.4) is 0 Å². The summed E-state index contributed by atoms with van der Waals surface area (Å²) in [6, 6.07) is 5.97. The van der Waals surface area contributed by atoms with Gasteiger partial charge in [0.05, 0.1) is 7.11 Å². The number of carbonyl (C=O) groups is 1. The highest BCUT2D eigenvalue weighted by Gasteiger charge is 2.18. The van der Waals surface area contributed by atoms with Crippen LogP contribution in [0.4, 0.5) is 0 Å². The van der Waals surface area contributed by atoms with Gasteiger partial charge in [0.2, 0.25) is 0 Å². The Hall–Kier alpha value is -1.77. The van der Waals surface area contributed by atoms with Crippen molar-refractivity contribution in [2.75, 3.05) is 7.11 Å². The SMILES string of the molecule is COc1ccc(C/C=C/C(=O)O)cc1C(C)(C)C. The van der Waals surface area contributed by atoms with Crippen molar-refractivity contribution in [2.24, 2.45) is 0 Å². The summed E-state index contributed by atoms with van der Waals surface area (Å²) in [7, 11) is 1.66. The molecule has 1 aromatic carbocycles. The van der Waals surface area contributed by atoms with E-state index < -0.39 is 5.97 Å². The van der Waals surface area contributed by atoms with Gasteiger partial charge in [0.1, 0.15) is 5.75 Å². The second-order valence-corrected chi connectivity index (χ2v) is 5.23. The standard InChI is InChI=1S/C15H20O3/c1-15(2,3)12-10-11(6-5-7-14(16)17)8-9-13(12)18-4/h5,7-10H,6H2,1-4H3,(H,16,17)/b7-5+. The molecule has 0 bridgehead atoms. The van der Waals surface area contributed by atoms with E-state index in [9.17, 15) is 4.79 Å². The van der Waals surface area contributed by atoms with E-state index >= 15 is 0 Å². The molecule has 0 saturated heterocycles. The van der Waals surface area contributed by atoms with Crippen LogP contribution in [-0.2, 0) is 16.6 Å². The van der Waals surface area contributed by atoms with Crippen LogP contribution in [0.15, 0.2) is 30.4 Å². The summed E-state index contributed by atoms with van der Waals surface area (Å²) in [5.74, 6) is -0.0481. The fraction of sp³-hybridized carbons (Fsp3) is 0.400. The maximum absolute atomic E-state index is 10.4. The van der Waals surface area contributed by atoms with Gasteiger partial charge in [-0.3, -0.25) is 0 Å². The fourth-order valence-corrected chi connectivity index (χ4v) is 1.76. The molecule has 0 unspecified atom stereocenters. The Morgan fingerprint density at radius 3 is 2.56 bits per heavy atom. The van der Waals surface area contributed by atoms with Gasteiger partial charge in [0.25, 0.3) is 0 Å². The maximum atomic E-state index is 10.4. The molecule has 0 aliphatic rings. The lowest BCUT2D eigenvalue weighted by atomic mass is 9.85. The lowest BCUT2D eigenvalue weighted by Crippen LogP contribution is -2.13. The van der Waals surface area contributed by atoms with Gasteiger partial charge in [0.15, 0.2) is 0 Å². The minimum absolute atomic E-state index is 0.00212. The summed E-state index contributed by atoms with van der Waals surface area (Å²) in [5.41, 5.74) is 2.21. The summed E-state index contributed by atoms with van der Waals surface area (Å²) in [6.07, 6.45) is 3.43. The molecule has 0 aromatic heterocycles. The zero-order chi connectivity index (χ0) is 13.8. The summed E-state index contributed by atoms with van der Waals surface area (Å²) in [5, 5.41) is 8.55. The van der Waals surface area contributed by atoms with Crippen molar-refractivity contribution in [1.82, 2.24) is 0 Å². The number of methoxy groups -OCH3 is 1. The summed E-state index contributed by atoms with van der Waals surface area (Å²) < 4.78 is 5.36. The number of hydrogen-bond acceptors (Lipinski definition) is 2. The molecule has 98 valence electrons. The van der Waals surface area contributed by atoms with Crippen molar-refractivity contribution in [2.45, 2.75) is 32.6 Å². The van der Waals surface area contributed by atoms with E-state index in [-0.39, 0.29) is 5.41 Å². The van der Waals surface area contributed by atoms with Crippen LogP contribution in [0.1, 0.15) is 31.9 Å². The summed E-state index contributed by atoms with van der Waals surface area (Å²) >= 11 is 0. The first-order valence-electron chi connectivity index (χ1n) is 5.91. The Kier molecular flexibility index (Phi) is 4.54.